The summed E-state index contributed by atoms with van der Waals surface area (Å²) < 4.78 is 5.10. The number of nitrogens with one attached hydrogen (secondary N) is 1. The van der Waals surface area contributed by atoms with Crippen LogP contribution >= 0.6 is 0 Å². The van der Waals surface area contributed by atoms with Crippen LogP contribution in [0.2, 0.25) is 0 Å². The Morgan fingerprint density at radius 3 is 2.43 bits per heavy atom. The molecule has 5 heteroatoms. The van der Waals surface area contributed by atoms with E-state index in [2.05, 4.69) is 5.32 Å². The molecule has 2 rings (SSSR count). The van der Waals surface area contributed by atoms with E-state index in [1.807, 2.05) is 6.07 Å². The third-order valence-electron chi connectivity index (χ3n) is 3.75. The van der Waals surface area contributed by atoms with Crippen LogP contribution in [0.15, 0.2) is 54.6 Å². The molecule has 120 valence electrons. The minimum Gasteiger partial charge on any atom is -0.497 e. The van der Waals surface area contributed by atoms with Crippen LogP contribution in [0.1, 0.15) is 18.9 Å². The lowest BCUT2D eigenvalue weighted by atomic mass is 9.79. The molecule has 1 unspecified atom stereocenters. The number of hydrogen-bond acceptors (Lipinski definition) is 3. The van der Waals surface area contributed by atoms with Crippen molar-refractivity contribution in [3.8, 4) is 5.75 Å². The number of rotatable bonds is 6. The number of aliphatic carboxylic acids is 1. The highest BCUT2D eigenvalue weighted by Crippen LogP contribution is 2.29. The van der Waals surface area contributed by atoms with E-state index < -0.39 is 11.4 Å². The smallest absolute Gasteiger partial charge is 0.314 e. The summed E-state index contributed by atoms with van der Waals surface area (Å²) in [5, 5.41) is 12.3. The highest BCUT2D eigenvalue weighted by atomic mass is 16.5. The number of ether oxygens (including phenoxy) is 1. The number of benzene rings is 2. The summed E-state index contributed by atoms with van der Waals surface area (Å²) >= 11 is 0. The standard InChI is InChI=1S/C18H19NO4/c1-18(17(21)22,13-7-4-3-5-8-13)12-16(20)19-14-9-6-10-15(11-14)23-2/h3-11H,12H2,1-2H3,(H,19,20)(H,21,22). The zero-order valence-electron chi connectivity index (χ0n) is 13.1. The summed E-state index contributed by atoms with van der Waals surface area (Å²) in [6.45, 7) is 1.55. The van der Waals surface area contributed by atoms with Crippen molar-refractivity contribution in [3.63, 3.8) is 0 Å². The van der Waals surface area contributed by atoms with Crippen molar-refractivity contribution in [1.82, 2.24) is 0 Å². The maximum atomic E-state index is 12.3. The van der Waals surface area contributed by atoms with Crippen molar-refractivity contribution < 1.29 is 19.4 Å². The van der Waals surface area contributed by atoms with Gasteiger partial charge >= 0.3 is 5.97 Å². The fourth-order valence-corrected chi connectivity index (χ4v) is 2.33. The fourth-order valence-electron chi connectivity index (χ4n) is 2.33. The zero-order valence-corrected chi connectivity index (χ0v) is 13.1. The molecule has 1 amide bonds. The summed E-state index contributed by atoms with van der Waals surface area (Å²) in [5.41, 5.74) is -0.132. The van der Waals surface area contributed by atoms with E-state index in [1.165, 1.54) is 7.11 Å². The van der Waals surface area contributed by atoms with Crippen molar-refractivity contribution in [3.05, 3.63) is 60.2 Å². The van der Waals surface area contributed by atoms with Gasteiger partial charge in [0.1, 0.15) is 5.75 Å². The van der Waals surface area contributed by atoms with Gasteiger partial charge in [-0.15, -0.1) is 0 Å². The molecule has 0 saturated heterocycles. The molecular weight excluding hydrogens is 294 g/mol. The Kier molecular flexibility index (Phi) is 5.01. The highest BCUT2D eigenvalue weighted by Gasteiger charge is 2.37. The lowest BCUT2D eigenvalue weighted by Gasteiger charge is -2.24. The van der Waals surface area contributed by atoms with Crippen LogP contribution in [-0.4, -0.2) is 24.1 Å². The Labute approximate surface area is 134 Å². The third kappa shape index (κ3) is 3.88. The Balaban J connectivity index is 2.17. The van der Waals surface area contributed by atoms with Crippen LogP contribution in [0.5, 0.6) is 5.75 Å². The summed E-state index contributed by atoms with van der Waals surface area (Å²) in [6, 6.07) is 15.7. The van der Waals surface area contributed by atoms with E-state index in [-0.39, 0.29) is 12.3 Å². The van der Waals surface area contributed by atoms with Crippen LogP contribution < -0.4 is 10.1 Å². The molecule has 0 radical (unpaired) electrons. The van der Waals surface area contributed by atoms with Gasteiger partial charge in [-0.25, -0.2) is 0 Å². The van der Waals surface area contributed by atoms with Gasteiger partial charge in [-0.05, 0) is 24.6 Å². The number of carboxylic acids is 1. The van der Waals surface area contributed by atoms with Crippen molar-refractivity contribution in [2.24, 2.45) is 0 Å². The van der Waals surface area contributed by atoms with Crippen LogP contribution in [0.3, 0.4) is 0 Å². The van der Waals surface area contributed by atoms with E-state index >= 15 is 0 Å². The van der Waals surface area contributed by atoms with Crippen LogP contribution in [0, 0.1) is 0 Å². The first-order valence-electron chi connectivity index (χ1n) is 7.18. The molecule has 23 heavy (non-hydrogen) atoms. The minimum atomic E-state index is -1.29. The van der Waals surface area contributed by atoms with E-state index in [1.54, 1.807) is 55.5 Å². The van der Waals surface area contributed by atoms with E-state index in [0.717, 1.165) is 0 Å². The predicted octanol–water partition coefficient (Wildman–Crippen LogP) is 3.07. The number of methoxy groups -OCH3 is 1. The number of amides is 1. The number of anilines is 1. The van der Waals surface area contributed by atoms with Crippen molar-refractivity contribution >= 4 is 17.6 Å². The number of carbonyl (C=O) groups is 2. The lowest BCUT2D eigenvalue weighted by Crippen LogP contribution is -2.36. The maximum absolute atomic E-state index is 12.3. The first kappa shape index (κ1) is 16.5. The van der Waals surface area contributed by atoms with Crippen molar-refractivity contribution in [2.45, 2.75) is 18.8 Å². The molecule has 0 heterocycles. The lowest BCUT2D eigenvalue weighted by molar-refractivity contribution is -0.145. The van der Waals surface area contributed by atoms with Crippen molar-refractivity contribution in [1.29, 1.82) is 0 Å². The Bertz CT molecular complexity index is 699. The average molecular weight is 313 g/mol. The summed E-state index contributed by atoms with van der Waals surface area (Å²) in [5.74, 6) is -0.789. The minimum absolute atomic E-state index is 0.163. The van der Waals surface area contributed by atoms with Gasteiger partial charge in [0.25, 0.3) is 0 Å². The number of carboxylic acid groups (broad SMARTS) is 1. The molecule has 0 spiro atoms. The second kappa shape index (κ2) is 6.96. The van der Waals surface area contributed by atoms with Gasteiger partial charge in [-0.2, -0.15) is 0 Å². The second-order valence-electron chi connectivity index (χ2n) is 5.46. The van der Waals surface area contributed by atoms with Gasteiger partial charge < -0.3 is 15.2 Å². The molecule has 0 fully saturated rings. The van der Waals surface area contributed by atoms with Gasteiger partial charge in [0.15, 0.2) is 0 Å². The average Bonchev–Trinajstić information content (AvgIpc) is 2.55. The van der Waals surface area contributed by atoms with Gasteiger partial charge in [-0.3, -0.25) is 9.59 Å². The SMILES string of the molecule is COc1cccc(NC(=O)CC(C)(C(=O)O)c2ccccc2)c1. The first-order chi connectivity index (χ1) is 11.0. The van der Waals surface area contributed by atoms with Crippen LogP contribution in [0.4, 0.5) is 5.69 Å². The topological polar surface area (TPSA) is 75.6 Å². The molecule has 0 aliphatic heterocycles. The predicted molar refractivity (Wildman–Crippen MR) is 87.7 cm³/mol. The molecular formula is C18H19NO4. The van der Waals surface area contributed by atoms with E-state index in [0.29, 0.717) is 17.0 Å². The first-order valence-corrected chi connectivity index (χ1v) is 7.18. The van der Waals surface area contributed by atoms with E-state index in [4.69, 9.17) is 4.74 Å². The van der Waals surface area contributed by atoms with Crippen molar-refractivity contribution in [2.75, 3.05) is 12.4 Å². The summed E-state index contributed by atoms with van der Waals surface area (Å²) in [4.78, 5) is 24.0. The third-order valence-corrected chi connectivity index (χ3v) is 3.75. The van der Waals surface area contributed by atoms with Gasteiger partial charge in [0.05, 0.1) is 12.5 Å². The Morgan fingerprint density at radius 1 is 1.13 bits per heavy atom. The van der Waals surface area contributed by atoms with E-state index in [9.17, 15) is 14.7 Å². The fraction of sp³-hybridized carbons (Fsp3) is 0.222. The molecule has 0 saturated carbocycles. The molecule has 2 aromatic rings. The monoisotopic (exact) mass is 313 g/mol. The molecule has 5 nitrogen and oxygen atoms in total. The largest absolute Gasteiger partial charge is 0.497 e. The molecule has 0 aliphatic carbocycles. The Morgan fingerprint density at radius 2 is 1.83 bits per heavy atom. The second-order valence-corrected chi connectivity index (χ2v) is 5.46. The van der Waals surface area contributed by atoms with Gasteiger partial charge in [0.2, 0.25) is 5.91 Å². The molecule has 2 aromatic carbocycles. The van der Waals surface area contributed by atoms with Crippen LogP contribution in [-0.2, 0) is 15.0 Å². The molecule has 0 aliphatic rings. The molecule has 1 atom stereocenters. The number of hydrogen-bond donors (Lipinski definition) is 2. The zero-order chi connectivity index (χ0) is 16.9. The summed E-state index contributed by atoms with van der Waals surface area (Å²) in [6.07, 6.45) is -0.163. The molecule has 0 bridgehead atoms. The van der Waals surface area contributed by atoms with Crippen LogP contribution in [0.25, 0.3) is 0 Å². The molecule has 0 aromatic heterocycles. The Hall–Kier alpha value is -2.82. The maximum Gasteiger partial charge on any atom is 0.314 e. The van der Waals surface area contributed by atoms with Gasteiger partial charge in [0, 0.05) is 18.2 Å². The summed E-state index contributed by atoms with van der Waals surface area (Å²) in [7, 11) is 1.54. The molecule has 2 N–H and O–H groups in total. The highest BCUT2D eigenvalue weighted by molar-refractivity contribution is 5.96. The van der Waals surface area contributed by atoms with Gasteiger partial charge in [-0.1, -0.05) is 36.4 Å². The normalized spacial score (nSPS) is 13.0. The number of carbonyl (C=O) groups excluding carboxylic acids is 1. The quantitative estimate of drug-likeness (QED) is 0.859.